The van der Waals surface area contributed by atoms with E-state index < -0.39 is 0 Å². The fourth-order valence-electron chi connectivity index (χ4n) is 3.66. The average molecular weight is 376 g/mol. The fraction of sp³-hybridized carbons (Fsp3) is 0.273. The van der Waals surface area contributed by atoms with Crippen molar-refractivity contribution < 1.29 is 9.53 Å². The monoisotopic (exact) mass is 376 g/mol. The van der Waals surface area contributed by atoms with Gasteiger partial charge in [-0.15, -0.1) is 0 Å². The number of methoxy groups -OCH3 is 1. The van der Waals surface area contributed by atoms with Crippen molar-refractivity contribution >= 4 is 11.6 Å². The number of nitrogens with zero attached hydrogens (tertiary/aromatic N) is 2. The molecule has 2 heterocycles. The van der Waals surface area contributed by atoms with Crippen LogP contribution < -0.4 is 10.1 Å². The van der Waals surface area contributed by atoms with Gasteiger partial charge in [0.15, 0.2) is 0 Å². The van der Waals surface area contributed by atoms with Gasteiger partial charge in [0.1, 0.15) is 11.6 Å². The Morgan fingerprint density at radius 2 is 2.11 bits per heavy atom. The molecule has 2 aromatic carbocycles. The summed E-state index contributed by atoms with van der Waals surface area (Å²) in [6.07, 6.45) is 5.44. The van der Waals surface area contributed by atoms with E-state index in [0.717, 1.165) is 47.8 Å². The number of rotatable bonds is 6. The molecule has 1 fully saturated rings. The summed E-state index contributed by atoms with van der Waals surface area (Å²) in [4.78, 5) is 22.4. The number of carbonyl (C=O) groups excluding carboxylic acids is 1. The van der Waals surface area contributed by atoms with Gasteiger partial charge in [-0.25, -0.2) is 4.98 Å². The summed E-state index contributed by atoms with van der Waals surface area (Å²) in [5.74, 6) is 1.76. The lowest BCUT2D eigenvalue weighted by Crippen LogP contribution is -2.39. The van der Waals surface area contributed by atoms with Crippen LogP contribution >= 0.6 is 0 Å². The van der Waals surface area contributed by atoms with Gasteiger partial charge in [-0.05, 0) is 54.8 Å². The van der Waals surface area contributed by atoms with Crippen LogP contribution in [0.5, 0.6) is 5.75 Å². The molecule has 28 heavy (non-hydrogen) atoms. The number of likely N-dealkylation sites (tertiary alicyclic amines) is 1. The quantitative estimate of drug-likeness (QED) is 0.688. The molecular weight excluding hydrogens is 352 g/mol. The van der Waals surface area contributed by atoms with Crippen LogP contribution in [-0.4, -0.2) is 40.5 Å². The highest BCUT2D eigenvalue weighted by Crippen LogP contribution is 2.26. The first kappa shape index (κ1) is 18.3. The second kappa shape index (κ2) is 8.27. The summed E-state index contributed by atoms with van der Waals surface area (Å²) in [5, 5.41) is 3.06. The Bertz CT molecular complexity index is 922. The Balaban J connectivity index is 1.41. The molecule has 1 aliphatic rings. The van der Waals surface area contributed by atoms with Crippen LogP contribution in [0.3, 0.4) is 0 Å². The molecule has 6 nitrogen and oxygen atoms in total. The number of carbonyl (C=O) groups is 1. The predicted octanol–water partition coefficient (Wildman–Crippen LogP) is 3.69. The van der Waals surface area contributed by atoms with Gasteiger partial charge in [-0.1, -0.05) is 24.3 Å². The number of nitrogens with one attached hydrogen (secondary N) is 2. The molecule has 1 atom stereocenters. The smallest absolute Gasteiger partial charge is 0.241 e. The van der Waals surface area contributed by atoms with Crippen LogP contribution in [0.1, 0.15) is 18.7 Å². The van der Waals surface area contributed by atoms with E-state index >= 15 is 0 Å². The van der Waals surface area contributed by atoms with Gasteiger partial charge in [0.2, 0.25) is 5.91 Å². The van der Waals surface area contributed by atoms with Crippen molar-refractivity contribution in [2.75, 3.05) is 19.0 Å². The predicted molar refractivity (Wildman–Crippen MR) is 109 cm³/mol. The zero-order valence-electron chi connectivity index (χ0n) is 15.9. The minimum absolute atomic E-state index is 0.0400. The third-order valence-electron chi connectivity index (χ3n) is 5.13. The van der Waals surface area contributed by atoms with E-state index in [1.807, 2.05) is 54.7 Å². The number of anilines is 1. The van der Waals surface area contributed by atoms with Gasteiger partial charge < -0.3 is 15.0 Å². The summed E-state index contributed by atoms with van der Waals surface area (Å²) >= 11 is 0. The van der Waals surface area contributed by atoms with Crippen LogP contribution in [-0.2, 0) is 11.3 Å². The fourth-order valence-corrected chi connectivity index (χ4v) is 3.66. The summed E-state index contributed by atoms with van der Waals surface area (Å²) in [7, 11) is 1.66. The van der Waals surface area contributed by atoms with Crippen molar-refractivity contribution in [1.82, 2.24) is 14.9 Å². The second-order valence-corrected chi connectivity index (χ2v) is 6.96. The number of H-pyrrole nitrogens is 1. The summed E-state index contributed by atoms with van der Waals surface area (Å²) in [6, 6.07) is 15.7. The molecule has 0 aliphatic carbocycles. The number of hydrogen-bond donors (Lipinski definition) is 2. The molecule has 1 saturated heterocycles. The first-order chi connectivity index (χ1) is 13.7. The van der Waals surface area contributed by atoms with Crippen molar-refractivity contribution in [3.63, 3.8) is 0 Å². The van der Waals surface area contributed by atoms with Gasteiger partial charge in [0.25, 0.3) is 0 Å². The van der Waals surface area contributed by atoms with E-state index in [4.69, 9.17) is 4.74 Å². The molecular formula is C22H24N4O2. The van der Waals surface area contributed by atoms with E-state index in [1.165, 1.54) is 0 Å². The molecule has 0 unspecified atom stereocenters. The number of amides is 1. The van der Waals surface area contributed by atoms with E-state index in [2.05, 4.69) is 20.2 Å². The Kier molecular flexibility index (Phi) is 5.39. The molecule has 0 saturated carbocycles. The number of aromatic nitrogens is 2. The van der Waals surface area contributed by atoms with Crippen molar-refractivity contribution in [2.24, 2.45) is 0 Å². The zero-order chi connectivity index (χ0) is 19.3. The van der Waals surface area contributed by atoms with E-state index in [0.29, 0.717) is 6.54 Å². The van der Waals surface area contributed by atoms with Gasteiger partial charge in [0, 0.05) is 18.1 Å². The molecule has 1 aliphatic heterocycles. The third kappa shape index (κ3) is 4.07. The van der Waals surface area contributed by atoms with Crippen molar-refractivity contribution in [3.05, 3.63) is 66.7 Å². The van der Waals surface area contributed by atoms with Crippen molar-refractivity contribution in [1.29, 1.82) is 0 Å². The molecule has 0 bridgehead atoms. The molecule has 6 heteroatoms. The standard InChI is InChI=1S/C22H24N4O2/c1-28-19-5-2-4-17(14-19)16-7-9-18(10-8-16)25-22(27)20-6-3-13-26(20)15-21-23-11-12-24-21/h2,4-5,7-12,14,20H,3,6,13,15H2,1H3,(H,23,24)(H,25,27)/t20-/m1/s1. The van der Waals surface area contributed by atoms with E-state index in [-0.39, 0.29) is 11.9 Å². The lowest BCUT2D eigenvalue weighted by Gasteiger charge is -2.22. The first-order valence-corrected chi connectivity index (χ1v) is 9.50. The van der Waals surface area contributed by atoms with Gasteiger partial charge in [0.05, 0.1) is 19.7 Å². The molecule has 4 rings (SSSR count). The van der Waals surface area contributed by atoms with Crippen LogP contribution in [0.2, 0.25) is 0 Å². The third-order valence-corrected chi connectivity index (χ3v) is 5.13. The minimum Gasteiger partial charge on any atom is -0.497 e. The minimum atomic E-state index is -0.122. The van der Waals surface area contributed by atoms with E-state index in [1.54, 1.807) is 13.3 Å². The first-order valence-electron chi connectivity index (χ1n) is 9.50. The molecule has 3 aromatic rings. The number of ether oxygens (including phenoxy) is 1. The van der Waals surface area contributed by atoms with Gasteiger partial charge in [-0.2, -0.15) is 0 Å². The average Bonchev–Trinajstić information content (AvgIpc) is 3.41. The highest BCUT2D eigenvalue weighted by atomic mass is 16.5. The van der Waals surface area contributed by atoms with Crippen LogP contribution in [0, 0.1) is 0 Å². The molecule has 1 aromatic heterocycles. The molecule has 1 amide bonds. The van der Waals surface area contributed by atoms with Gasteiger partial charge in [-0.3, -0.25) is 9.69 Å². The van der Waals surface area contributed by atoms with Crippen LogP contribution in [0.4, 0.5) is 5.69 Å². The Morgan fingerprint density at radius 1 is 1.25 bits per heavy atom. The van der Waals surface area contributed by atoms with Crippen LogP contribution in [0.15, 0.2) is 60.9 Å². The summed E-state index contributed by atoms with van der Waals surface area (Å²) in [6.45, 7) is 1.58. The lowest BCUT2D eigenvalue weighted by molar-refractivity contribution is -0.120. The van der Waals surface area contributed by atoms with Gasteiger partial charge >= 0.3 is 0 Å². The molecule has 0 radical (unpaired) electrons. The largest absolute Gasteiger partial charge is 0.497 e. The number of imidazole rings is 1. The highest BCUT2D eigenvalue weighted by Gasteiger charge is 2.31. The maximum atomic E-state index is 12.8. The van der Waals surface area contributed by atoms with Crippen molar-refractivity contribution in [2.45, 2.75) is 25.4 Å². The number of hydrogen-bond acceptors (Lipinski definition) is 4. The Hall–Kier alpha value is -3.12. The SMILES string of the molecule is COc1cccc(-c2ccc(NC(=O)[C@H]3CCCN3Cc3ncc[nH]3)cc2)c1. The Morgan fingerprint density at radius 3 is 2.86 bits per heavy atom. The normalized spacial score (nSPS) is 16.8. The zero-order valence-corrected chi connectivity index (χ0v) is 15.9. The summed E-state index contributed by atoms with van der Waals surface area (Å²) < 4.78 is 5.29. The molecule has 2 N–H and O–H groups in total. The number of benzene rings is 2. The summed E-state index contributed by atoms with van der Waals surface area (Å²) in [5.41, 5.74) is 2.97. The molecule has 144 valence electrons. The lowest BCUT2D eigenvalue weighted by atomic mass is 10.1. The van der Waals surface area contributed by atoms with E-state index in [9.17, 15) is 4.79 Å². The topological polar surface area (TPSA) is 70.2 Å². The maximum Gasteiger partial charge on any atom is 0.241 e. The maximum absolute atomic E-state index is 12.8. The van der Waals surface area contributed by atoms with Crippen LogP contribution in [0.25, 0.3) is 11.1 Å². The number of aromatic amines is 1. The Labute approximate surface area is 164 Å². The second-order valence-electron chi connectivity index (χ2n) is 6.96. The molecule has 0 spiro atoms. The highest BCUT2D eigenvalue weighted by molar-refractivity contribution is 5.95. The van der Waals surface area contributed by atoms with Crippen molar-refractivity contribution in [3.8, 4) is 16.9 Å².